The van der Waals surface area contributed by atoms with Gasteiger partial charge in [0, 0.05) is 16.5 Å². The van der Waals surface area contributed by atoms with Crippen LogP contribution in [0.15, 0.2) is 10.7 Å². The number of carbonyl (C=O) groups is 1. The number of rotatable bonds is 3. The van der Waals surface area contributed by atoms with E-state index in [1.54, 1.807) is 0 Å². The summed E-state index contributed by atoms with van der Waals surface area (Å²) in [6.07, 6.45) is -2.73. The van der Waals surface area contributed by atoms with Crippen molar-refractivity contribution in [3.8, 4) is 0 Å². The quantitative estimate of drug-likeness (QED) is 0.675. The molecule has 0 aliphatic carbocycles. The smallest absolute Gasteiger partial charge is 0.354 e. The Hall–Kier alpha value is -0.560. The van der Waals surface area contributed by atoms with Gasteiger partial charge >= 0.3 is 5.97 Å². The van der Waals surface area contributed by atoms with Gasteiger partial charge in [0.25, 0.3) is 6.43 Å². The highest BCUT2D eigenvalue weighted by Crippen LogP contribution is 2.29. The van der Waals surface area contributed by atoms with Crippen LogP contribution in [0.1, 0.15) is 28.0 Å². The molecule has 1 aromatic rings. The average molecular weight is 345 g/mol. The molecule has 15 heavy (non-hydrogen) atoms. The Labute approximate surface area is 101 Å². The van der Waals surface area contributed by atoms with Crippen LogP contribution in [0.4, 0.5) is 8.78 Å². The number of hydrogen-bond donors (Lipinski definition) is 1. The van der Waals surface area contributed by atoms with Gasteiger partial charge in [0.15, 0.2) is 5.69 Å². The zero-order chi connectivity index (χ0) is 11.6. The van der Waals surface area contributed by atoms with Crippen LogP contribution in [0.2, 0.25) is 0 Å². The minimum atomic E-state index is -2.73. The van der Waals surface area contributed by atoms with Crippen LogP contribution in [0, 0.1) is 0 Å². The molecule has 0 amide bonds. The van der Waals surface area contributed by atoms with Crippen LogP contribution in [0.25, 0.3) is 0 Å². The zero-order valence-corrected chi connectivity index (χ0v) is 10.3. The highest BCUT2D eigenvalue weighted by molar-refractivity contribution is 9.10. The monoisotopic (exact) mass is 343 g/mol. The Morgan fingerprint density at radius 2 is 2.20 bits per heavy atom. The first-order chi connectivity index (χ1) is 6.97. The van der Waals surface area contributed by atoms with Gasteiger partial charge in [-0.1, -0.05) is 15.9 Å². The number of aromatic nitrogens is 1. The van der Waals surface area contributed by atoms with Crippen LogP contribution in [0.3, 0.4) is 0 Å². The summed E-state index contributed by atoms with van der Waals surface area (Å²) in [5.74, 6) is -1.33. The third-order valence-corrected chi connectivity index (χ3v) is 2.67. The lowest BCUT2D eigenvalue weighted by Gasteiger charge is -2.09. The molecule has 1 aromatic heterocycles. The molecule has 0 atom stereocenters. The van der Waals surface area contributed by atoms with Gasteiger partial charge in [0.2, 0.25) is 0 Å². The summed E-state index contributed by atoms with van der Waals surface area (Å²) in [5, 5.41) is 8.80. The lowest BCUT2D eigenvalue weighted by atomic mass is 10.1. The second-order valence-corrected chi connectivity index (χ2v) is 3.97. The van der Waals surface area contributed by atoms with Crippen molar-refractivity contribution < 1.29 is 18.7 Å². The normalized spacial score (nSPS) is 10.7. The van der Waals surface area contributed by atoms with Crippen LogP contribution >= 0.6 is 31.9 Å². The van der Waals surface area contributed by atoms with E-state index < -0.39 is 12.4 Å². The Morgan fingerprint density at radius 3 is 2.60 bits per heavy atom. The van der Waals surface area contributed by atoms with Crippen molar-refractivity contribution in [1.29, 1.82) is 0 Å². The highest BCUT2D eigenvalue weighted by Gasteiger charge is 2.21. The van der Waals surface area contributed by atoms with Gasteiger partial charge in [-0.15, -0.1) is 0 Å². The summed E-state index contributed by atoms with van der Waals surface area (Å²) in [5.41, 5.74) is -0.691. The summed E-state index contributed by atoms with van der Waals surface area (Å²) in [4.78, 5) is 14.4. The predicted molar refractivity (Wildman–Crippen MR) is 56.5 cm³/mol. The van der Waals surface area contributed by atoms with Gasteiger partial charge in [-0.25, -0.2) is 18.6 Å². The highest BCUT2D eigenvalue weighted by atomic mass is 79.9. The van der Waals surface area contributed by atoms with E-state index >= 15 is 0 Å². The Morgan fingerprint density at radius 1 is 1.60 bits per heavy atom. The Balaban J connectivity index is 3.45. The van der Waals surface area contributed by atoms with Crippen molar-refractivity contribution >= 4 is 37.8 Å². The van der Waals surface area contributed by atoms with E-state index in [1.807, 2.05) is 0 Å². The van der Waals surface area contributed by atoms with Crippen LogP contribution in [0.5, 0.6) is 0 Å². The molecule has 0 aliphatic heterocycles. The van der Waals surface area contributed by atoms with E-state index in [0.717, 1.165) is 6.07 Å². The third-order valence-electron chi connectivity index (χ3n) is 1.70. The second kappa shape index (κ2) is 4.98. The van der Waals surface area contributed by atoms with Crippen LogP contribution in [-0.4, -0.2) is 16.1 Å². The van der Waals surface area contributed by atoms with Crippen molar-refractivity contribution in [3.63, 3.8) is 0 Å². The fraction of sp³-hybridized carbons (Fsp3) is 0.250. The van der Waals surface area contributed by atoms with Gasteiger partial charge in [-0.05, 0) is 22.0 Å². The molecule has 0 saturated heterocycles. The summed E-state index contributed by atoms with van der Waals surface area (Å²) in [7, 11) is 0. The molecular weight excluding hydrogens is 340 g/mol. The predicted octanol–water partition coefficient (Wildman–Crippen LogP) is 3.37. The molecule has 0 saturated carbocycles. The van der Waals surface area contributed by atoms with E-state index in [1.165, 1.54) is 0 Å². The first kappa shape index (κ1) is 12.5. The number of pyridine rings is 1. The van der Waals surface area contributed by atoms with Crippen molar-refractivity contribution in [2.45, 2.75) is 11.8 Å². The SMILES string of the molecule is O=C(O)c1nc(Br)cc(C(F)F)c1CBr. The number of nitrogens with zero attached hydrogens (tertiary/aromatic N) is 1. The number of hydrogen-bond acceptors (Lipinski definition) is 2. The fourth-order valence-corrected chi connectivity index (χ4v) is 2.08. The fourth-order valence-electron chi connectivity index (χ4n) is 1.07. The number of alkyl halides is 3. The average Bonchev–Trinajstić information content (AvgIpc) is 2.16. The maximum atomic E-state index is 12.6. The van der Waals surface area contributed by atoms with Crippen LogP contribution < -0.4 is 0 Å². The first-order valence-corrected chi connectivity index (χ1v) is 5.65. The van der Waals surface area contributed by atoms with E-state index in [0.29, 0.717) is 0 Å². The molecule has 0 bridgehead atoms. The standard InChI is InChI=1S/C8H5Br2F2NO2/c9-2-4-3(7(11)12)1-5(10)13-6(4)8(14)15/h1,7H,2H2,(H,14,15). The molecule has 0 aromatic carbocycles. The molecular formula is C8H5Br2F2NO2. The molecule has 7 heteroatoms. The lowest BCUT2D eigenvalue weighted by molar-refractivity contribution is 0.0688. The molecule has 0 fully saturated rings. The van der Waals surface area contributed by atoms with E-state index in [-0.39, 0.29) is 26.8 Å². The van der Waals surface area contributed by atoms with E-state index in [9.17, 15) is 13.6 Å². The Kier molecular flexibility index (Phi) is 4.15. The summed E-state index contributed by atoms with van der Waals surface area (Å²) < 4.78 is 25.2. The molecule has 1 N–H and O–H groups in total. The minimum Gasteiger partial charge on any atom is -0.477 e. The molecule has 82 valence electrons. The third kappa shape index (κ3) is 2.72. The molecule has 1 heterocycles. The molecule has 0 aliphatic rings. The van der Waals surface area contributed by atoms with E-state index in [4.69, 9.17) is 5.11 Å². The topological polar surface area (TPSA) is 50.2 Å². The Bertz CT molecular complexity index is 398. The van der Waals surface area contributed by atoms with Crippen molar-refractivity contribution in [2.75, 3.05) is 0 Å². The first-order valence-electron chi connectivity index (χ1n) is 3.74. The van der Waals surface area contributed by atoms with Crippen LogP contribution in [-0.2, 0) is 5.33 Å². The largest absolute Gasteiger partial charge is 0.477 e. The van der Waals surface area contributed by atoms with Crippen molar-refractivity contribution in [1.82, 2.24) is 4.98 Å². The molecule has 3 nitrogen and oxygen atoms in total. The summed E-state index contributed by atoms with van der Waals surface area (Å²) in [6.45, 7) is 0. The van der Waals surface area contributed by atoms with Gasteiger partial charge in [-0.3, -0.25) is 0 Å². The van der Waals surface area contributed by atoms with Gasteiger partial charge < -0.3 is 5.11 Å². The van der Waals surface area contributed by atoms with Gasteiger partial charge in [-0.2, -0.15) is 0 Å². The van der Waals surface area contributed by atoms with Gasteiger partial charge in [0.05, 0.1) is 0 Å². The maximum absolute atomic E-state index is 12.6. The minimum absolute atomic E-state index is 0.000648. The van der Waals surface area contributed by atoms with E-state index in [2.05, 4.69) is 36.8 Å². The summed E-state index contributed by atoms with van der Waals surface area (Å²) >= 11 is 5.86. The number of halogens is 4. The molecule has 1 rings (SSSR count). The van der Waals surface area contributed by atoms with Crippen molar-refractivity contribution in [2.24, 2.45) is 0 Å². The number of aromatic carboxylic acids is 1. The molecule has 0 unspecified atom stereocenters. The number of carboxylic acids is 1. The maximum Gasteiger partial charge on any atom is 0.354 e. The summed E-state index contributed by atoms with van der Waals surface area (Å²) in [6, 6.07) is 1.12. The zero-order valence-electron chi connectivity index (χ0n) is 7.18. The second-order valence-electron chi connectivity index (χ2n) is 2.60. The molecule has 0 radical (unpaired) electrons. The van der Waals surface area contributed by atoms with Gasteiger partial charge in [0.1, 0.15) is 4.60 Å². The molecule has 0 spiro atoms. The van der Waals surface area contributed by atoms with Crippen molar-refractivity contribution in [3.05, 3.63) is 27.5 Å². The number of carboxylic acid groups (broad SMARTS) is 1. The lowest BCUT2D eigenvalue weighted by Crippen LogP contribution is -2.08.